The molecule has 0 saturated carbocycles. The van der Waals surface area contributed by atoms with E-state index in [1.54, 1.807) is 7.11 Å². The van der Waals surface area contributed by atoms with Crippen LogP contribution in [0.25, 0.3) is 0 Å². The summed E-state index contributed by atoms with van der Waals surface area (Å²) < 4.78 is 11.7. The van der Waals surface area contributed by atoms with E-state index in [0.717, 1.165) is 24.0 Å². The molecule has 2 aromatic rings. The highest BCUT2D eigenvalue weighted by Crippen LogP contribution is 2.29. The average Bonchev–Trinajstić information content (AvgIpc) is 2.61. The molecule has 4 nitrogen and oxygen atoms in total. The molecular formula is C19H23BrN2O2. The van der Waals surface area contributed by atoms with E-state index in [-0.39, 0.29) is 0 Å². The number of halogens is 1. The van der Waals surface area contributed by atoms with Crippen LogP contribution in [0.2, 0.25) is 0 Å². The maximum absolute atomic E-state index is 5.53. The van der Waals surface area contributed by atoms with Crippen LogP contribution in [0.5, 0.6) is 5.88 Å². The van der Waals surface area contributed by atoms with Crippen LogP contribution in [0.4, 0.5) is 0 Å². The third-order valence-electron chi connectivity index (χ3n) is 4.54. The Morgan fingerprint density at radius 1 is 1.21 bits per heavy atom. The molecule has 0 aliphatic carbocycles. The second-order valence-corrected chi connectivity index (χ2v) is 7.00. The molecule has 0 N–H and O–H groups in total. The van der Waals surface area contributed by atoms with Crippen molar-refractivity contribution < 1.29 is 9.47 Å². The molecule has 0 radical (unpaired) electrons. The fourth-order valence-electron chi connectivity index (χ4n) is 3.04. The van der Waals surface area contributed by atoms with Crippen molar-refractivity contribution in [3.05, 3.63) is 57.7 Å². The summed E-state index contributed by atoms with van der Waals surface area (Å²) in [7, 11) is 1.66. The standard InChI is InChI=1S/C19H23BrN2O2/c1-14(16-4-6-19(21-12-16)24-10-9-23-2)22-8-7-15-3-5-18(20)11-17(15)13-22/h3-6,11-12,14H,7-10,13H2,1-2H3/t14-/m1/s1. The second kappa shape index (κ2) is 8.10. The lowest BCUT2D eigenvalue weighted by Crippen LogP contribution is -2.32. The Morgan fingerprint density at radius 3 is 2.83 bits per heavy atom. The first-order chi connectivity index (χ1) is 11.7. The SMILES string of the molecule is COCCOc1ccc([C@@H](C)N2CCc3ccc(Br)cc3C2)cn1. The highest BCUT2D eigenvalue weighted by atomic mass is 79.9. The van der Waals surface area contributed by atoms with E-state index in [2.05, 4.69) is 57.0 Å². The summed E-state index contributed by atoms with van der Waals surface area (Å²) in [6, 6.07) is 11.0. The number of pyridine rings is 1. The van der Waals surface area contributed by atoms with Gasteiger partial charge in [-0.05, 0) is 42.2 Å². The van der Waals surface area contributed by atoms with Crippen LogP contribution in [0.1, 0.15) is 29.7 Å². The molecule has 0 unspecified atom stereocenters. The van der Waals surface area contributed by atoms with Crippen molar-refractivity contribution in [2.24, 2.45) is 0 Å². The molecule has 1 aliphatic rings. The van der Waals surface area contributed by atoms with Crippen LogP contribution in [-0.4, -0.2) is 36.8 Å². The first-order valence-corrected chi connectivity index (χ1v) is 9.05. The number of fused-ring (bicyclic) bond motifs is 1. The summed E-state index contributed by atoms with van der Waals surface area (Å²) in [5.74, 6) is 0.649. The zero-order valence-corrected chi connectivity index (χ0v) is 15.8. The fraction of sp³-hybridized carbons (Fsp3) is 0.421. The van der Waals surface area contributed by atoms with Crippen molar-refractivity contribution >= 4 is 15.9 Å². The number of hydrogen-bond acceptors (Lipinski definition) is 4. The van der Waals surface area contributed by atoms with Gasteiger partial charge in [0.25, 0.3) is 0 Å². The number of methoxy groups -OCH3 is 1. The molecule has 0 amide bonds. The Balaban J connectivity index is 1.65. The third-order valence-corrected chi connectivity index (χ3v) is 5.03. The van der Waals surface area contributed by atoms with Crippen molar-refractivity contribution in [3.63, 3.8) is 0 Å². The van der Waals surface area contributed by atoms with E-state index in [1.807, 2.05) is 12.3 Å². The van der Waals surface area contributed by atoms with Crippen LogP contribution < -0.4 is 4.74 Å². The molecule has 5 heteroatoms. The molecule has 3 rings (SSSR count). The molecule has 1 aromatic carbocycles. The minimum atomic E-state index is 0.331. The lowest BCUT2D eigenvalue weighted by atomic mass is 9.97. The quantitative estimate of drug-likeness (QED) is 0.698. The van der Waals surface area contributed by atoms with Crippen LogP contribution in [0.15, 0.2) is 41.0 Å². The van der Waals surface area contributed by atoms with Gasteiger partial charge in [-0.15, -0.1) is 0 Å². The van der Waals surface area contributed by atoms with Gasteiger partial charge < -0.3 is 9.47 Å². The van der Waals surface area contributed by atoms with Gasteiger partial charge in [0.05, 0.1) is 6.61 Å². The summed E-state index contributed by atoms with van der Waals surface area (Å²) >= 11 is 3.57. The van der Waals surface area contributed by atoms with Crippen LogP contribution in [-0.2, 0) is 17.7 Å². The Hall–Kier alpha value is -1.43. The van der Waals surface area contributed by atoms with Crippen LogP contribution >= 0.6 is 15.9 Å². The van der Waals surface area contributed by atoms with Gasteiger partial charge in [0.15, 0.2) is 0 Å². The zero-order valence-electron chi connectivity index (χ0n) is 14.2. The number of hydrogen-bond donors (Lipinski definition) is 0. The van der Waals surface area contributed by atoms with Crippen molar-refractivity contribution in [3.8, 4) is 5.88 Å². The molecule has 1 aromatic heterocycles. The van der Waals surface area contributed by atoms with E-state index < -0.39 is 0 Å². The lowest BCUT2D eigenvalue weighted by molar-refractivity contribution is 0.143. The molecular weight excluding hydrogens is 368 g/mol. The van der Waals surface area contributed by atoms with E-state index in [0.29, 0.717) is 25.1 Å². The van der Waals surface area contributed by atoms with Gasteiger partial charge >= 0.3 is 0 Å². The van der Waals surface area contributed by atoms with Gasteiger partial charge in [-0.3, -0.25) is 4.90 Å². The minimum absolute atomic E-state index is 0.331. The number of nitrogens with zero attached hydrogens (tertiary/aromatic N) is 2. The first kappa shape index (κ1) is 17.4. The molecule has 0 spiro atoms. The van der Waals surface area contributed by atoms with E-state index in [4.69, 9.17) is 9.47 Å². The maximum atomic E-state index is 5.53. The Labute approximate surface area is 151 Å². The zero-order chi connectivity index (χ0) is 16.9. The lowest BCUT2D eigenvalue weighted by Gasteiger charge is -2.34. The first-order valence-electron chi connectivity index (χ1n) is 8.26. The summed E-state index contributed by atoms with van der Waals surface area (Å²) in [5.41, 5.74) is 4.09. The van der Waals surface area contributed by atoms with Gasteiger partial charge in [0.1, 0.15) is 6.61 Å². The number of aromatic nitrogens is 1. The summed E-state index contributed by atoms with van der Waals surface area (Å²) in [6.07, 6.45) is 3.02. The number of rotatable bonds is 6. The largest absolute Gasteiger partial charge is 0.475 e. The number of ether oxygens (including phenoxy) is 2. The maximum Gasteiger partial charge on any atom is 0.213 e. The monoisotopic (exact) mass is 390 g/mol. The normalized spacial score (nSPS) is 15.8. The van der Waals surface area contributed by atoms with Gasteiger partial charge in [-0.2, -0.15) is 0 Å². The average molecular weight is 391 g/mol. The van der Waals surface area contributed by atoms with Crippen LogP contribution in [0.3, 0.4) is 0 Å². The van der Waals surface area contributed by atoms with Gasteiger partial charge in [-0.1, -0.05) is 28.1 Å². The predicted molar refractivity (Wildman–Crippen MR) is 98.3 cm³/mol. The number of benzene rings is 1. The molecule has 0 saturated heterocycles. The predicted octanol–water partition coefficient (Wildman–Crippen LogP) is 3.99. The molecule has 0 bridgehead atoms. The van der Waals surface area contributed by atoms with Gasteiger partial charge in [0, 0.05) is 43.0 Å². The van der Waals surface area contributed by atoms with E-state index in [1.165, 1.54) is 16.7 Å². The van der Waals surface area contributed by atoms with Gasteiger partial charge in [0.2, 0.25) is 5.88 Å². The summed E-state index contributed by atoms with van der Waals surface area (Å²) in [5, 5.41) is 0. The van der Waals surface area contributed by atoms with Crippen molar-refractivity contribution in [2.45, 2.75) is 25.9 Å². The Kier molecular flexibility index (Phi) is 5.87. The molecule has 128 valence electrons. The van der Waals surface area contributed by atoms with E-state index >= 15 is 0 Å². The topological polar surface area (TPSA) is 34.6 Å². The summed E-state index contributed by atoms with van der Waals surface area (Å²) in [4.78, 5) is 6.91. The Morgan fingerprint density at radius 2 is 2.08 bits per heavy atom. The van der Waals surface area contributed by atoms with Crippen molar-refractivity contribution in [2.75, 3.05) is 26.9 Å². The molecule has 2 heterocycles. The highest BCUT2D eigenvalue weighted by Gasteiger charge is 2.22. The van der Waals surface area contributed by atoms with Gasteiger partial charge in [-0.25, -0.2) is 4.98 Å². The highest BCUT2D eigenvalue weighted by molar-refractivity contribution is 9.10. The molecule has 1 aliphatic heterocycles. The second-order valence-electron chi connectivity index (χ2n) is 6.08. The van der Waals surface area contributed by atoms with E-state index in [9.17, 15) is 0 Å². The van der Waals surface area contributed by atoms with Crippen molar-refractivity contribution in [1.82, 2.24) is 9.88 Å². The third kappa shape index (κ3) is 4.15. The molecule has 24 heavy (non-hydrogen) atoms. The fourth-order valence-corrected chi connectivity index (χ4v) is 3.45. The smallest absolute Gasteiger partial charge is 0.213 e. The summed E-state index contributed by atoms with van der Waals surface area (Å²) in [6.45, 7) is 5.38. The minimum Gasteiger partial charge on any atom is -0.475 e. The molecule has 0 fully saturated rings. The molecule has 1 atom stereocenters. The Bertz CT molecular complexity index is 676. The van der Waals surface area contributed by atoms with Crippen molar-refractivity contribution in [1.29, 1.82) is 0 Å². The van der Waals surface area contributed by atoms with Crippen LogP contribution in [0, 0.1) is 0 Å².